The Kier molecular flexibility index (Phi) is 7.85. The predicted molar refractivity (Wildman–Crippen MR) is 92.7 cm³/mol. The number of fused-ring (bicyclic) bond motifs is 1. The first-order valence-corrected chi connectivity index (χ1v) is 9.27. The minimum atomic E-state index is -5.08. The molecule has 0 spiro atoms. The maximum Gasteiger partial charge on any atom is 0.490 e. The van der Waals surface area contributed by atoms with Crippen LogP contribution in [0.25, 0.3) is 0 Å². The van der Waals surface area contributed by atoms with Crippen molar-refractivity contribution in [2.24, 2.45) is 5.92 Å². The molecule has 0 unspecified atom stereocenters. The van der Waals surface area contributed by atoms with Crippen molar-refractivity contribution >= 4 is 5.97 Å². The molecule has 0 bridgehead atoms. The minimum Gasteiger partial charge on any atom is -0.475 e. The van der Waals surface area contributed by atoms with Gasteiger partial charge in [0.15, 0.2) is 0 Å². The number of carboxylic acids is 1. The molecule has 1 aromatic heterocycles. The molecule has 7 nitrogen and oxygen atoms in total. The number of rotatable bonds is 5. The summed E-state index contributed by atoms with van der Waals surface area (Å²) in [6.45, 7) is 9.72. The number of hydrogen-bond donors (Lipinski definition) is 1. The Labute approximate surface area is 161 Å². The summed E-state index contributed by atoms with van der Waals surface area (Å²) in [7, 11) is 0. The van der Waals surface area contributed by atoms with Gasteiger partial charge < -0.3 is 19.1 Å². The van der Waals surface area contributed by atoms with Gasteiger partial charge >= 0.3 is 12.1 Å². The molecule has 1 aromatic rings. The molecule has 2 aliphatic rings. The summed E-state index contributed by atoms with van der Waals surface area (Å²) in [4.78, 5) is 11.4. The molecule has 1 saturated carbocycles. The van der Waals surface area contributed by atoms with Gasteiger partial charge in [0, 0.05) is 31.8 Å². The Morgan fingerprint density at radius 3 is 2.64 bits per heavy atom. The van der Waals surface area contributed by atoms with Crippen molar-refractivity contribution in [3.05, 3.63) is 17.5 Å². The van der Waals surface area contributed by atoms with E-state index in [2.05, 4.69) is 23.9 Å². The average molecular weight is 408 g/mol. The molecule has 1 saturated heterocycles. The number of alkyl halides is 3. The average Bonchev–Trinajstić information content (AvgIpc) is 3.19. The maximum absolute atomic E-state index is 10.6. The highest BCUT2D eigenvalue weighted by Crippen LogP contribution is 2.33. The summed E-state index contributed by atoms with van der Waals surface area (Å²) >= 11 is 0. The number of carboxylic acid groups (broad SMARTS) is 1. The largest absolute Gasteiger partial charge is 0.490 e. The van der Waals surface area contributed by atoms with Crippen molar-refractivity contribution in [3.63, 3.8) is 0 Å². The van der Waals surface area contributed by atoms with Crippen LogP contribution >= 0.6 is 0 Å². The molecule has 2 fully saturated rings. The van der Waals surface area contributed by atoms with Crippen molar-refractivity contribution < 1.29 is 37.1 Å². The van der Waals surface area contributed by atoms with E-state index >= 15 is 0 Å². The fourth-order valence-corrected chi connectivity index (χ4v) is 3.38. The summed E-state index contributed by atoms with van der Waals surface area (Å²) in [5.74, 6) is -1.31. The summed E-state index contributed by atoms with van der Waals surface area (Å²) in [5, 5.41) is 11.2. The van der Waals surface area contributed by atoms with Gasteiger partial charge in [0.25, 0.3) is 0 Å². The van der Waals surface area contributed by atoms with Crippen molar-refractivity contribution in [2.45, 2.75) is 64.6 Å². The molecule has 160 valence electrons. The number of morpholine rings is 1. The Morgan fingerprint density at radius 2 is 2.11 bits per heavy atom. The predicted octanol–water partition coefficient (Wildman–Crippen LogP) is 3.02. The van der Waals surface area contributed by atoms with Gasteiger partial charge in [-0.3, -0.25) is 4.90 Å². The number of aliphatic carboxylic acids is 1. The molecular weight excluding hydrogens is 381 g/mol. The highest BCUT2D eigenvalue weighted by molar-refractivity contribution is 5.73. The first-order valence-electron chi connectivity index (χ1n) is 9.27. The second-order valence-corrected chi connectivity index (χ2v) is 7.45. The molecule has 3 atom stereocenters. The third kappa shape index (κ3) is 6.46. The fraction of sp³-hybridized carbons (Fsp3) is 0.778. The third-order valence-electron chi connectivity index (χ3n) is 4.58. The van der Waals surface area contributed by atoms with E-state index in [-0.39, 0.29) is 12.2 Å². The Bertz CT molecular complexity index is 635. The van der Waals surface area contributed by atoms with E-state index in [0.29, 0.717) is 12.0 Å². The van der Waals surface area contributed by atoms with E-state index in [4.69, 9.17) is 23.9 Å². The van der Waals surface area contributed by atoms with Crippen LogP contribution in [0, 0.1) is 12.8 Å². The Morgan fingerprint density at radius 1 is 1.43 bits per heavy atom. The fourth-order valence-electron chi connectivity index (χ4n) is 3.38. The monoisotopic (exact) mass is 408 g/mol. The smallest absolute Gasteiger partial charge is 0.475 e. The number of ether oxygens (including phenoxy) is 2. The molecular formula is C18H27F3N2O5. The topological polar surface area (TPSA) is 85.0 Å². The molecule has 0 amide bonds. The number of nitrogens with zero attached hydrogens (tertiary/aromatic N) is 2. The quantitative estimate of drug-likeness (QED) is 0.802. The van der Waals surface area contributed by atoms with Gasteiger partial charge in [0.05, 0.1) is 24.5 Å². The second kappa shape index (κ2) is 9.71. The van der Waals surface area contributed by atoms with E-state index < -0.39 is 12.1 Å². The molecule has 28 heavy (non-hydrogen) atoms. The first-order chi connectivity index (χ1) is 13.1. The molecule has 1 aliphatic carbocycles. The summed E-state index contributed by atoms with van der Waals surface area (Å²) < 4.78 is 49.0. The van der Waals surface area contributed by atoms with Crippen LogP contribution in [0.1, 0.15) is 38.1 Å². The van der Waals surface area contributed by atoms with Crippen LogP contribution in [0.4, 0.5) is 13.2 Å². The van der Waals surface area contributed by atoms with Crippen LogP contribution in [0.5, 0.6) is 0 Å². The second-order valence-electron chi connectivity index (χ2n) is 7.45. The molecule has 1 aliphatic heterocycles. The number of aromatic nitrogens is 1. The molecule has 3 rings (SSSR count). The van der Waals surface area contributed by atoms with Gasteiger partial charge in [-0.25, -0.2) is 4.79 Å². The van der Waals surface area contributed by atoms with Crippen LogP contribution < -0.4 is 0 Å². The van der Waals surface area contributed by atoms with Gasteiger partial charge in [0.1, 0.15) is 5.76 Å². The first kappa shape index (κ1) is 22.6. The zero-order valence-corrected chi connectivity index (χ0v) is 16.2. The van der Waals surface area contributed by atoms with Crippen molar-refractivity contribution in [1.82, 2.24) is 10.1 Å². The molecule has 10 heteroatoms. The SMILES string of the molecule is Cc1cc(CN2CCO[C@H]3[C@H](OCC(C)C)CC[C@@H]32)no1.O=C(O)C(F)(F)F. The molecule has 0 aromatic carbocycles. The number of aryl methyl sites for hydroxylation is 1. The highest BCUT2D eigenvalue weighted by Gasteiger charge is 2.43. The van der Waals surface area contributed by atoms with Crippen LogP contribution in [0.15, 0.2) is 10.6 Å². The van der Waals surface area contributed by atoms with Crippen molar-refractivity contribution in [3.8, 4) is 0 Å². The Balaban J connectivity index is 0.000000345. The Hall–Kier alpha value is -1.65. The molecule has 1 N–H and O–H groups in total. The van der Waals surface area contributed by atoms with E-state index in [1.54, 1.807) is 0 Å². The van der Waals surface area contributed by atoms with E-state index in [1.807, 2.05) is 13.0 Å². The number of hydrogen-bond acceptors (Lipinski definition) is 6. The summed E-state index contributed by atoms with van der Waals surface area (Å²) in [6, 6.07) is 2.47. The van der Waals surface area contributed by atoms with Gasteiger partial charge in [-0.15, -0.1) is 0 Å². The lowest BCUT2D eigenvalue weighted by Crippen LogP contribution is -2.51. The third-order valence-corrected chi connectivity index (χ3v) is 4.58. The zero-order valence-electron chi connectivity index (χ0n) is 16.2. The zero-order chi connectivity index (χ0) is 20.9. The van der Waals surface area contributed by atoms with Gasteiger partial charge in [-0.2, -0.15) is 13.2 Å². The number of halogens is 3. The normalized spacial score (nSPS) is 25.3. The van der Waals surface area contributed by atoms with Crippen LogP contribution in [-0.2, 0) is 20.8 Å². The lowest BCUT2D eigenvalue weighted by atomic mass is 10.1. The van der Waals surface area contributed by atoms with Crippen LogP contribution in [0.2, 0.25) is 0 Å². The van der Waals surface area contributed by atoms with Gasteiger partial charge in [-0.1, -0.05) is 19.0 Å². The van der Waals surface area contributed by atoms with Crippen molar-refractivity contribution in [2.75, 3.05) is 19.8 Å². The standard InChI is InChI=1S/C16H26N2O3.C2HF3O2/c1-11(2)10-20-15-5-4-14-16(15)19-7-6-18(14)9-13-8-12(3)21-17-13;3-2(4,5)1(6)7/h8,11,14-16H,4-7,9-10H2,1-3H3;(H,6,7)/t14-,15+,16+;/m0./s1. The van der Waals surface area contributed by atoms with E-state index in [9.17, 15) is 13.2 Å². The highest BCUT2D eigenvalue weighted by atomic mass is 19.4. The van der Waals surface area contributed by atoms with Crippen LogP contribution in [0.3, 0.4) is 0 Å². The lowest BCUT2D eigenvalue weighted by molar-refractivity contribution is -0.192. The van der Waals surface area contributed by atoms with Gasteiger partial charge in [-0.05, 0) is 25.7 Å². The van der Waals surface area contributed by atoms with E-state index in [0.717, 1.165) is 50.6 Å². The van der Waals surface area contributed by atoms with E-state index in [1.165, 1.54) is 0 Å². The van der Waals surface area contributed by atoms with Crippen molar-refractivity contribution in [1.29, 1.82) is 0 Å². The summed E-state index contributed by atoms with van der Waals surface area (Å²) in [6.07, 6.45) is -2.38. The van der Waals surface area contributed by atoms with Gasteiger partial charge in [0.2, 0.25) is 0 Å². The van der Waals surface area contributed by atoms with Crippen LogP contribution in [-0.4, -0.2) is 65.3 Å². The number of carbonyl (C=O) groups is 1. The maximum atomic E-state index is 10.6. The molecule has 2 heterocycles. The summed E-state index contributed by atoms with van der Waals surface area (Å²) in [5.41, 5.74) is 1.01. The minimum absolute atomic E-state index is 0.213. The molecule has 0 radical (unpaired) electrons. The lowest BCUT2D eigenvalue weighted by Gasteiger charge is -2.38.